The van der Waals surface area contributed by atoms with E-state index in [9.17, 15) is 5.11 Å². The average Bonchev–Trinajstić information content (AvgIpc) is 2.68. The highest BCUT2D eigenvalue weighted by molar-refractivity contribution is 5.39. The quantitative estimate of drug-likeness (QED) is 0.824. The molecule has 2 rings (SSSR count). The molecule has 0 saturated heterocycles. The second kappa shape index (κ2) is 4.37. The van der Waals surface area contributed by atoms with Crippen LogP contribution in [0.25, 0.3) is 0 Å². The first kappa shape index (κ1) is 10.7. The van der Waals surface area contributed by atoms with Gasteiger partial charge in [-0.15, -0.1) is 0 Å². The van der Waals surface area contributed by atoms with Gasteiger partial charge in [-0.3, -0.25) is 0 Å². The lowest BCUT2D eigenvalue weighted by Crippen LogP contribution is -2.04. The van der Waals surface area contributed by atoms with Gasteiger partial charge < -0.3 is 15.3 Å². The molecular weight excluding hydrogens is 204 g/mol. The number of nitrogens with two attached hydrogens (primary N) is 1. The van der Waals surface area contributed by atoms with E-state index in [1.54, 1.807) is 18.3 Å². The number of rotatable bonds is 3. The van der Waals surface area contributed by atoms with Crippen LogP contribution in [-0.4, -0.2) is 10.1 Å². The van der Waals surface area contributed by atoms with E-state index in [0.29, 0.717) is 18.0 Å². The number of furan rings is 1. The lowest BCUT2D eigenvalue weighted by Gasteiger charge is -2.09. The smallest absolute Gasteiger partial charge is 0.132 e. The van der Waals surface area contributed by atoms with E-state index in [1.807, 2.05) is 19.1 Å². The van der Waals surface area contributed by atoms with Gasteiger partial charge in [0.2, 0.25) is 0 Å². The highest BCUT2D eigenvalue weighted by Gasteiger charge is 2.13. The normalized spacial score (nSPS) is 12.6. The monoisotopic (exact) mass is 218 g/mol. The molecule has 0 aliphatic carbocycles. The van der Waals surface area contributed by atoms with E-state index < -0.39 is 6.10 Å². The Hall–Kier alpha value is -1.81. The summed E-state index contributed by atoms with van der Waals surface area (Å²) in [6.07, 6.45) is 1.36. The average molecular weight is 218 g/mol. The topological polar surface area (TPSA) is 72.3 Å². The van der Waals surface area contributed by atoms with Crippen LogP contribution in [0.15, 0.2) is 34.9 Å². The van der Waals surface area contributed by atoms with E-state index in [1.165, 1.54) is 0 Å². The fourth-order valence-electron chi connectivity index (χ4n) is 1.56. The summed E-state index contributed by atoms with van der Waals surface area (Å²) in [6.45, 7) is 1.84. The minimum Gasteiger partial charge on any atom is -0.464 e. The summed E-state index contributed by atoms with van der Waals surface area (Å²) in [5.74, 6) is 1.79. The van der Waals surface area contributed by atoms with Gasteiger partial charge >= 0.3 is 0 Å². The summed E-state index contributed by atoms with van der Waals surface area (Å²) >= 11 is 0. The zero-order chi connectivity index (χ0) is 11.5. The van der Waals surface area contributed by atoms with Crippen LogP contribution in [0.4, 0.5) is 5.82 Å². The maximum absolute atomic E-state index is 9.93. The fourth-order valence-corrected chi connectivity index (χ4v) is 1.56. The molecule has 4 nitrogen and oxygen atoms in total. The van der Waals surface area contributed by atoms with E-state index in [0.717, 1.165) is 11.3 Å². The lowest BCUT2D eigenvalue weighted by atomic mass is 10.1. The number of hydrogen-bond acceptors (Lipinski definition) is 4. The molecule has 2 aromatic rings. The van der Waals surface area contributed by atoms with Crippen molar-refractivity contribution in [2.75, 3.05) is 5.73 Å². The molecule has 0 fully saturated rings. The number of aryl methyl sites for hydroxylation is 1. The molecule has 1 unspecified atom stereocenters. The van der Waals surface area contributed by atoms with Gasteiger partial charge in [0.25, 0.3) is 0 Å². The molecule has 0 radical (unpaired) electrons. The number of hydrogen-bond donors (Lipinski definition) is 2. The van der Waals surface area contributed by atoms with Crippen LogP contribution in [0.1, 0.15) is 23.2 Å². The fraction of sp³-hybridized carbons (Fsp3) is 0.250. The van der Waals surface area contributed by atoms with Gasteiger partial charge in [0.05, 0.1) is 0 Å². The Morgan fingerprint density at radius 1 is 1.44 bits per heavy atom. The number of nitrogens with zero attached hydrogens (tertiary/aromatic N) is 1. The van der Waals surface area contributed by atoms with Gasteiger partial charge in [0.15, 0.2) is 0 Å². The molecule has 4 heteroatoms. The van der Waals surface area contributed by atoms with Crippen molar-refractivity contribution in [3.05, 3.63) is 47.5 Å². The Morgan fingerprint density at radius 3 is 2.88 bits per heavy atom. The van der Waals surface area contributed by atoms with Crippen LogP contribution >= 0.6 is 0 Å². The van der Waals surface area contributed by atoms with Crippen molar-refractivity contribution in [1.29, 1.82) is 0 Å². The SMILES string of the molecule is Cc1ccc(C(O)Cc2cccnc2N)o1. The van der Waals surface area contributed by atoms with Crippen LogP contribution in [0.5, 0.6) is 0 Å². The molecule has 3 N–H and O–H groups in total. The Labute approximate surface area is 93.7 Å². The lowest BCUT2D eigenvalue weighted by molar-refractivity contribution is 0.149. The first-order valence-electron chi connectivity index (χ1n) is 5.10. The Balaban J connectivity index is 2.13. The number of nitrogen functional groups attached to an aromatic ring is 1. The van der Waals surface area contributed by atoms with Gasteiger partial charge in [-0.05, 0) is 30.7 Å². The summed E-state index contributed by atoms with van der Waals surface area (Å²) in [6, 6.07) is 7.24. The summed E-state index contributed by atoms with van der Waals surface area (Å²) in [5.41, 5.74) is 6.52. The predicted molar refractivity (Wildman–Crippen MR) is 60.8 cm³/mol. The first-order chi connectivity index (χ1) is 7.66. The van der Waals surface area contributed by atoms with Crippen molar-refractivity contribution in [2.24, 2.45) is 0 Å². The third-order valence-electron chi connectivity index (χ3n) is 2.43. The van der Waals surface area contributed by atoms with E-state index in [2.05, 4.69) is 4.98 Å². The summed E-state index contributed by atoms with van der Waals surface area (Å²) < 4.78 is 5.35. The summed E-state index contributed by atoms with van der Waals surface area (Å²) in [5, 5.41) is 9.93. The highest BCUT2D eigenvalue weighted by Crippen LogP contribution is 2.22. The minimum absolute atomic E-state index is 0.409. The summed E-state index contributed by atoms with van der Waals surface area (Å²) in [7, 11) is 0. The third kappa shape index (κ3) is 2.23. The molecule has 84 valence electrons. The zero-order valence-corrected chi connectivity index (χ0v) is 9.05. The number of pyridine rings is 1. The molecule has 1 atom stereocenters. The molecule has 0 aliphatic heterocycles. The van der Waals surface area contributed by atoms with Gasteiger partial charge in [0, 0.05) is 12.6 Å². The summed E-state index contributed by atoms with van der Waals surface area (Å²) in [4.78, 5) is 3.97. The molecule has 0 spiro atoms. The van der Waals surface area contributed by atoms with E-state index in [-0.39, 0.29) is 0 Å². The molecule has 16 heavy (non-hydrogen) atoms. The van der Waals surface area contributed by atoms with Crippen LogP contribution in [-0.2, 0) is 6.42 Å². The zero-order valence-electron chi connectivity index (χ0n) is 9.05. The largest absolute Gasteiger partial charge is 0.464 e. The van der Waals surface area contributed by atoms with Crippen LogP contribution < -0.4 is 5.73 Å². The Kier molecular flexibility index (Phi) is 2.92. The minimum atomic E-state index is -0.680. The van der Waals surface area contributed by atoms with Crippen LogP contribution in [0.3, 0.4) is 0 Å². The van der Waals surface area contributed by atoms with Gasteiger partial charge in [-0.25, -0.2) is 4.98 Å². The number of aromatic nitrogens is 1. The molecular formula is C12H14N2O2. The standard InChI is InChI=1S/C12H14N2O2/c1-8-4-5-11(16-8)10(15)7-9-3-2-6-14-12(9)13/h2-6,10,15H,7H2,1H3,(H2,13,14). The van der Waals surface area contributed by atoms with E-state index in [4.69, 9.17) is 10.2 Å². The molecule has 2 aromatic heterocycles. The van der Waals surface area contributed by atoms with Crippen molar-refractivity contribution in [1.82, 2.24) is 4.98 Å². The molecule has 0 bridgehead atoms. The molecule has 0 saturated carbocycles. The van der Waals surface area contributed by atoms with Crippen LogP contribution in [0, 0.1) is 6.92 Å². The van der Waals surface area contributed by atoms with Crippen molar-refractivity contribution in [3.8, 4) is 0 Å². The Morgan fingerprint density at radius 2 is 2.25 bits per heavy atom. The number of aliphatic hydroxyl groups is 1. The van der Waals surface area contributed by atoms with Gasteiger partial charge in [-0.2, -0.15) is 0 Å². The number of aliphatic hydroxyl groups excluding tert-OH is 1. The van der Waals surface area contributed by atoms with Crippen LogP contribution in [0.2, 0.25) is 0 Å². The maximum Gasteiger partial charge on any atom is 0.132 e. The second-order valence-corrected chi connectivity index (χ2v) is 3.72. The third-order valence-corrected chi connectivity index (χ3v) is 2.43. The Bertz CT molecular complexity index is 479. The molecule has 0 aromatic carbocycles. The van der Waals surface area contributed by atoms with Crippen molar-refractivity contribution < 1.29 is 9.52 Å². The predicted octanol–water partition coefficient (Wildman–Crippen LogP) is 1.84. The molecule has 2 heterocycles. The second-order valence-electron chi connectivity index (χ2n) is 3.72. The van der Waals surface area contributed by atoms with Crippen molar-refractivity contribution in [3.63, 3.8) is 0 Å². The molecule has 0 aliphatic rings. The van der Waals surface area contributed by atoms with Crippen molar-refractivity contribution in [2.45, 2.75) is 19.4 Å². The van der Waals surface area contributed by atoms with Crippen molar-refractivity contribution >= 4 is 5.82 Å². The first-order valence-corrected chi connectivity index (χ1v) is 5.10. The van der Waals surface area contributed by atoms with Gasteiger partial charge in [0.1, 0.15) is 23.4 Å². The number of anilines is 1. The maximum atomic E-state index is 9.93. The van der Waals surface area contributed by atoms with Gasteiger partial charge in [-0.1, -0.05) is 6.07 Å². The highest BCUT2D eigenvalue weighted by atomic mass is 16.4. The molecule has 0 amide bonds. The van der Waals surface area contributed by atoms with E-state index >= 15 is 0 Å².